The molecule has 1 rings (SSSR count). The van der Waals surface area contributed by atoms with Gasteiger partial charge in [0.15, 0.2) is 0 Å². The topological polar surface area (TPSA) is 6.48 Å². The van der Waals surface area contributed by atoms with Crippen LogP contribution in [0.2, 0.25) is 0 Å². The molecule has 0 atom stereocenters. The van der Waals surface area contributed by atoms with Gasteiger partial charge in [0.25, 0.3) is 0 Å². The van der Waals surface area contributed by atoms with Crippen molar-refractivity contribution in [2.24, 2.45) is 0 Å². The number of rotatable bonds is 5. The summed E-state index contributed by atoms with van der Waals surface area (Å²) in [6.45, 7) is 16.6. The fourth-order valence-electron chi connectivity index (χ4n) is 3.52. The van der Waals surface area contributed by atoms with E-state index in [0.29, 0.717) is 0 Å². The van der Waals surface area contributed by atoms with Gasteiger partial charge < -0.3 is 0 Å². The number of piperazine rings is 1. The normalized spacial score (nSPS) is 24.7. The highest BCUT2D eigenvalue weighted by molar-refractivity contribution is 5.00. The molecule has 108 valence electrons. The molecule has 0 aliphatic carbocycles. The average Bonchev–Trinajstić information content (AvgIpc) is 2.24. The lowest BCUT2D eigenvalue weighted by Gasteiger charge is -2.56. The molecular formula is C16H34N2. The van der Waals surface area contributed by atoms with E-state index in [1.807, 2.05) is 0 Å². The maximum absolute atomic E-state index is 2.76. The van der Waals surface area contributed by atoms with Crippen LogP contribution in [0.15, 0.2) is 0 Å². The van der Waals surface area contributed by atoms with Crippen molar-refractivity contribution in [1.82, 2.24) is 9.80 Å². The number of likely N-dealkylation sites (N-methyl/N-ethyl adjacent to an activating group) is 1. The smallest absolute Gasteiger partial charge is 0.0283 e. The van der Waals surface area contributed by atoms with Crippen LogP contribution in [0.3, 0.4) is 0 Å². The second-order valence-corrected chi connectivity index (χ2v) is 7.32. The molecule has 0 N–H and O–H groups in total. The zero-order valence-electron chi connectivity index (χ0n) is 13.7. The first kappa shape index (κ1) is 16.0. The predicted octanol–water partition coefficient (Wildman–Crippen LogP) is 3.76. The van der Waals surface area contributed by atoms with E-state index < -0.39 is 0 Å². The van der Waals surface area contributed by atoms with Crippen molar-refractivity contribution in [3.63, 3.8) is 0 Å². The van der Waals surface area contributed by atoms with E-state index in [4.69, 9.17) is 0 Å². The summed E-state index contributed by atoms with van der Waals surface area (Å²) in [4.78, 5) is 5.32. The Labute approximate surface area is 115 Å². The van der Waals surface area contributed by atoms with Crippen molar-refractivity contribution in [3.05, 3.63) is 0 Å². The molecule has 0 amide bonds. The largest absolute Gasteiger partial charge is 0.297 e. The lowest BCUT2D eigenvalue weighted by molar-refractivity contribution is -0.0674. The van der Waals surface area contributed by atoms with Gasteiger partial charge in [0, 0.05) is 30.2 Å². The SMILES string of the molecule is CCCC(CCC)N1CC(C)(C)N(C)C(C)(C)C1. The van der Waals surface area contributed by atoms with Gasteiger partial charge in [0.05, 0.1) is 0 Å². The summed E-state index contributed by atoms with van der Waals surface area (Å²) in [6, 6.07) is 0.784. The van der Waals surface area contributed by atoms with E-state index in [9.17, 15) is 0 Å². The molecule has 0 aromatic rings. The van der Waals surface area contributed by atoms with Crippen LogP contribution in [0, 0.1) is 0 Å². The molecule has 1 aliphatic heterocycles. The summed E-state index contributed by atoms with van der Waals surface area (Å²) in [5.74, 6) is 0. The van der Waals surface area contributed by atoms with Gasteiger partial charge in [-0.15, -0.1) is 0 Å². The van der Waals surface area contributed by atoms with Gasteiger partial charge in [0.2, 0.25) is 0 Å². The van der Waals surface area contributed by atoms with Gasteiger partial charge in [0.1, 0.15) is 0 Å². The Balaban J connectivity index is 2.83. The summed E-state index contributed by atoms with van der Waals surface area (Å²) in [6.07, 6.45) is 5.31. The highest BCUT2D eigenvalue weighted by Gasteiger charge is 2.43. The third-order valence-electron chi connectivity index (χ3n) is 4.76. The average molecular weight is 254 g/mol. The van der Waals surface area contributed by atoms with Crippen LogP contribution in [0.1, 0.15) is 67.2 Å². The number of nitrogens with zero attached hydrogens (tertiary/aromatic N) is 2. The van der Waals surface area contributed by atoms with Gasteiger partial charge in [-0.1, -0.05) is 26.7 Å². The number of hydrogen-bond acceptors (Lipinski definition) is 2. The Hall–Kier alpha value is -0.0800. The fraction of sp³-hybridized carbons (Fsp3) is 1.00. The molecule has 1 aliphatic rings. The molecule has 0 unspecified atom stereocenters. The van der Waals surface area contributed by atoms with Gasteiger partial charge in [-0.2, -0.15) is 0 Å². The highest BCUT2D eigenvalue weighted by atomic mass is 15.3. The van der Waals surface area contributed by atoms with Gasteiger partial charge >= 0.3 is 0 Å². The van der Waals surface area contributed by atoms with Gasteiger partial charge in [-0.05, 0) is 47.6 Å². The van der Waals surface area contributed by atoms with E-state index >= 15 is 0 Å². The summed E-state index contributed by atoms with van der Waals surface area (Å²) in [5, 5.41) is 0. The summed E-state index contributed by atoms with van der Waals surface area (Å²) in [5.41, 5.74) is 0.558. The summed E-state index contributed by atoms with van der Waals surface area (Å²) in [7, 11) is 2.28. The van der Waals surface area contributed by atoms with Crippen LogP contribution in [0.4, 0.5) is 0 Å². The Morgan fingerprint density at radius 1 is 0.889 bits per heavy atom. The first-order chi connectivity index (χ1) is 8.24. The molecule has 2 nitrogen and oxygen atoms in total. The first-order valence-corrected chi connectivity index (χ1v) is 7.72. The molecule has 18 heavy (non-hydrogen) atoms. The maximum Gasteiger partial charge on any atom is 0.0283 e. The van der Waals surface area contributed by atoms with Crippen LogP contribution >= 0.6 is 0 Å². The van der Waals surface area contributed by atoms with E-state index in [2.05, 4.69) is 58.4 Å². The van der Waals surface area contributed by atoms with Crippen LogP contribution in [0.5, 0.6) is 0 Å². The molecular weight excluding hydrogens is 220 g/mol. The second kappa shape index (κ2) is 5.92. The Morgan fingerprint density at radius 2 is 1.28 bits per heavy atom. The Bertz CT molecular complexity index is 234. The Morgan fingerprint density at radius 3 is 1.61 bits per heavy atom. The minimum Gasteiger partial charge on any atom is -0.297 e. The molecule has 0 radical (unpaired) electrons. The maximum atomic E-state index is 2.76. The Kier molecular flexibility index (Phi) is 5.25. The number of hydrogen-bond donors (Lipinski definition) is 0. The minimum atomic E-state index is 0.279. The lowest BCUT2D eigenvalue weighted by Crippen LogP contribution is -2.68. The zero-order valence-corrected chi connectivity index (χ0v) is 13.7. The van der Waals surface area contributed by atoms with Crippen molar-refractivity contribution in [3.8, 4) is 0 Å². The lowest BCUT2D eigenvalue weighted by atomic mass is 9.86. The zero-order chi connectivity index (χ0) is 14.0. The van der Waals surface area contributed by atoms with Gasteiger partial charge in [-0.25, -0.2) is 0 Å². The van der Waals surface area contributed by atoms with Crippen LogP contribution < -0.4 is 0 Å². The van der Waals surface area contributed by atoms with E-state index in [1.165, 1.54) is 38.8 Å². The molecule has 0 aromatic carbocycles. The molecule has 0 aromatic heterocycles. The van der Waals surface area contributed by atoms with Crippen LogP contribution in [-0.2, 0) is 0 Å². The molecule has 1 saturated heterocycles. The van der Waals surface area contributed by atoms with Crippen LogP contribution in [0.25, 0.3) is 0 Å². The van der Waals surface area contributed by atoms with Crippen molar-refractivity contribution in [1.29, 1.82) is 0 Å². The fourth-order valence-corrected chi connectivity index (χ4v) is 3.52. The van der Waals surface area contributed by atoms with Gasteiger partial charge in [-0.3, -0.25) is 9.80 Å². The third-order valence-corrected chi connectivity index (χ3v) is 4.76. The molecule has 0 saturated carbocycles. The molecule has 2 heteroatoms. The molecule has 0 spiro atoms. The van der Waals surface area contributed by atoms with Crippen molar-refractivity contribution < 1.29 is 0 Å². The second-order valence-electron chi connectivity index (χ2n) is 7.32. The highest BCUT2D eigenvalue weighted by Crippen LogP contribution is 2.32. The van der Waals surface area contributed by atoms with Crippen LogP contribution in [-0.4, -0.2) is 47.1 Å². The van der Waals surface area contributed by atoms with Crippen molar-refractivity contribution in [2.45, 2.75) is 84.3 Å². The van der Waals surface area contributed by atoms with Crippen molar-refractivity contribution >= 4 is 0 Å². The summed E-state index contributed by atoms with van der Waals surface area (Å²) < 4.78 is 0. The molecule has 1 heterocycles. The van der Waals surface area contributed by atoms with Crippen molar-refractivity contribution in [2.75, 3.05) is 20.1 Å². The predicted molar refractivity (Wildman–Crippen MR) is 81.1 cm³/mol. The molecule has 0 bridgehead atoms. The third kappa shape index (κ3) is 3.48. The standard InChI is InChI=1S/C16H34N2/c1-8-10-14(11-9-2)18-12-15(3,4)17(7)16(5,6)13-18/h14H,8-13H2,1-7H3. The minimum absolute atomic E-state index is 0.279. The van der Waals surface area contributed by atoms with E-state index in [-0.39, 0.29) is 11.1 Å². The summed E-state index contributed by atoms with van der Waals surface area (Å²) >= 11 is 0. The monoisotopic (exact) mass is 254 g/mol. The quantitative estimate of drug-likeness (QED) is 0.737. The van der Waals surface area contributed by atoms with E-state index in [0.717, 1.165) is 6.04 Å². The molecule has 1 fully saturated rings. The van der Waals surface area contributed by atoms with E-state index in [1.54, 1.807) is 0 Å². The first-order valence-electron chi connectivity index (χ1n) is 7.72.